The Kier molecular flexibility index (Phi) is 11.5. The molecule has 2 rings (SSSR count). The van der Waals surface area contributed by atoms with E-state index in [0.29, 0.717) is 0 Å². The molecule has 6 heteroatoms. The largest absolute Gasteiger partial charge is 0.357 e. The fourth-order valence-electron chi connectivity index (χ4n) is 2.40. The number of hydrogen-bond donors (Lipinski definition) is 2. The molecule has 0 aliphatic carbocycles. The van der Waals surface area contributed by atoms with Crippen LogP contribution in [0, 0.1) is 0 Å². The van der Waals surface area contributed by atoms with Gasteiger partial charge in [-0.25, -0.2) is 4.98 Å². The van der Waals surface area contributed by atoms with Gasteiger partial charge < -0.3 is 10.6 Å². The Balaban J connectivity index is 0.00000312. The lowest BCUT2D eigenvalue weighted by Crippen LogP contribution is -2.38. The second-order valence-corrected chi connectivity index (χ2v) is 6.56. The summed E-state index contributed by atoms with van der Waals surface area (Å²) in [5.41, 5.74) is 2.55. The first-order valence-corrected chi connectivity index (χ1v) is 9.69. The minimum atomic E-state index is 0. The van der Waals surface area contributed by atoms with E-state index in [1.165, 1.54) is 16.3 Å². The third kappa shape index (κ3) is 8.67. The molecule has 0 aliphatic heterocycles. The number of nitrogens with one attached hydrogen (secondary N) is 2. The molecule has 0 amide bonds. The number of thiazole rings is 1. The van der Waals surface area contributed by atoms with Crippen LogP contribution in [0.4, 0.5) is 0 Å². The maximum Gasteiger partial charge on any atom is 0.191 e. The summed E-state index contributed by atoms with van der Waals surface area (Å²) < 4.78 is 0. The van der Waals surface area contributed by atoms with Crippen LogP contribution in [-0.4, -0.2) is 30.6 Å². The van der Waals surface area contributed by atoms with Gasteiger partial charge in [0.1, 0.15) is 0 Å². The highest BCUT2D eigenvalue weighted by Crippen LogP contribution is 2.10. The molecular weight excluding hydrogens is 443 g/mol. The standard InChI is InChI=1S/C19H28N4S.HI/c1-3-18-23-17(15-24-18)12-14-22-19(20-4-2)21-13-8-11-16-9-6-5-7-10-16;/h5-7,9-10,15H,3-4,8,11-14H2,1-2H3,(H2,20,21,22);1H. The normalized spacial score (nSPS) is 11.0. The van der Waals surface area contributed by atoms with Gasteiger partial charge in [0.2, 0.25) is 0 Å². The van der Waals surface area contributed by atoms with E-state index < -0.39 is 0 Å². The molecule has 0 aliphatic rings. The van der Waals surface area contributed by atoms with Gasteiger partial charge in [0.25, 0.3) is 0 Å². The zero-order chi connectivity index (χ0) is 17.0. The molecule has 0 bridgehead atoms. The number of aliphatic imine (C=N–C) groups is 1. The van der Waals surface area contributed by atoms with Crippen LogP contribution in [0.25, 0.3) is 0 Å². The number of guanidine groups is 1. The van der Waals surface area contributed by atoms with E-state index in [1.807, 2.05) is 0 Å². The second-order valence-electron chi connectivity index (χ2n) is 5.61. The summed E-state index contributed by atoms with van der Waals surface area (Å²) in [7, 11) is 0. The molecule has 0 saturated heterocycles. The summed E-state index contributed by atoms with van der Waals surface area (Å²) in [6.07, 6.45) is 4.09. The number of aryl methyl sites for hydroxylation is 2. The fraction of sp³-hybridized carbons (Fsp3) is 0.474. The highest BCUT2D eigenvalue weighted by Gasteiger charge is 2.01. The summed E-state index contributed by atoms with van der Waals surface area (Å²) in [6.45, 7) is 6.81. The molecule has 4 nitrogen and oxygen atoms in total. The highest BCUT2D eigenvalue weighted by atomic mass is 127. The number of benzene rings is 1. The Morgan fingerprint density at radius 1 is 1.12 bits per heavy atom. The van der Waals surface area contributed by atoms with Crippen molar-refractivity contribution in [1.82, 2.24) is 15.6 Å². The van der Waals surface area contributed by atoms with Crippen molar-refractivity contribution < 1.29 is 0 Å². The molecule has 0 radical (unpaired) electrons. The van der Waals surface area contributed by atoms with Crippen LogP contribution in [-0.2, 0) is 19.3 Å². The maximum atomic E-state index is 4.66. The Labute approximate surface area is 172 Å². The topological polar surface area (TPSA) is 49.3 Å². The molecule has 0 atom stereocenters. The first-order chi connectivity index (χ1) is 11.8. The van der Waals surface area contributed by atoms with Crippen molar-refractivity contribution in [2.24, 2.45) is 4.99 Å². The summed E-state index contributed by atoms with van der Waals surface area (Å²) in [5, 5.41) is 10.1. The van der Waals surface area contributed by atoms with E-state index in [9.17, 15) is 0 Å². The van der Waals surface area contributed by atoms with E-state index in [0.717, 1.165) is 51.3 Å². The summed E-state index contributed by atoms with van der Waals surface area (Å²) in [5.74, 6) is 0.900. The monoisotopic (exact) mass is 472 g/mol. The van der Waals surface area contributed by atoms with E-state index in [2.05, 4.69) is 70.2 Å². The lowest BCUT2D eigenvalue weighted by atomic mass is 10.1. The van der Waals surface area contributed by atoms with Crippen molar-refractivity contribution in [3.8, 4) is 0 Å². The maximum absolute atomic E-state index is 4.66. The van der Waals surface area contributed by atoms with Crippen LogP contribution in [0.5, 0.6) is 0 Å². The van der Waals surface area contributed by atoms with Crippen LogP contribution in [0.1, 0.15) is 36.5 Å². The lowest BCUT2D eigenvalue weighted by molar-refractivity contribution is 0.771. The number of aromatic nitrogens is 1. The van der Waals surface area contributed by atoms with Crippen molar-refractivity contribution >= 4 is 41.3 Å². The summed E-state index contributed by atoms with van der Waals surface area (Å²) in [4.78, 5) is 9.26. The van der Waals surface area contributed by atoms with Gasteiger partial charge in [0.15, 0.2) is 5.96 Å². The molecule has 1 aromatic carbocycles. The van der Waals surface area contributed by atoms with Gasteiger partial charge >= 0.3 is 0 Å². The van der Waals surface area contributed by atoms with Crippen molar-refractivity contribution in [2.45, 2.75) is 39.5 Å². The number of halogens is 1. The smallest absolute Gasteiger partial charge is 0.191 e. The quantitative estimate of drug-likeness (QED) is 0.251. The third-order valence-electron chi connectivity index (χ3n) is 3.66. The Morgan fingerprint density at radius 3 is 2.60 bits per heavy atom. The Hall–Kier alpha value is -1.15. The van der Waals surface area contributed by atoms with Gasteiger partial charge in [0.05, 0.1) is 10.7 Å². The SMILES string of the molecule is CCNC(=NCCCc1ccccc1)NCCc1csc(CC)n1.I. The number of rotatable bonds is 9. The van der Waals surface area contributed by atoms with Crippen molar-refractivity contribution in [2.75, 3.05) is 19.6 Å². The molecule has 25 heavy (non-hydrogen) atoms. The molecule has 1 aromatic heterocycles. The summed E-state index contributed by atoms with van der Waals surface area (Å²) in [6, 6.07) is 10.6. The van der Waals surface area contributed by atoms with E-state index in [-0.39, 0.29) is 24.0 Å². The van der Waals surface area contributed by atoms with Gasteiger partial charge in [0, 0.05) is 31.4 Å². The van der Waals surface area contributed by atoms with E-state index in [1.54, 1.807) is 11.3 Å². The predicted octanol–water partition coefficient (Wildman–Crippen LogP) is 4.05. The first-order valence-electron chi connectivity index (χ1n) is 8.81. The molecule has 0 fully saturated rings. The molecule has 2 aromatic rings. The molecule has 0 spiro atoms. The predicted molar refractivity (Wildman–Crippen MR) is 119 cm³/mol. The van der Waals surface area contributed by atoms with Gasteiger partial charge in [-0.2, -0.15) is 0 Å². The van der Waals surface area contributed by atoms with Crippen molar-refractivity contribution in [3.05, 3.63) is 52.0 Å². The lowest BCUT2D eigenvalue weighted by Gasteiger charge is -2.10. The Bertz CT molecular complexity index is 613. The third-order valence-corrected chi connectivity index (χ3v) is 4.70. The average Bonchev–Trinajstić information content (AvgIpc) is 3.07. The zero-order valence-corrected chi connectivity index (χ0v) is 18.3. The van der Waals surface area contributed by atoms with Crippen molar-refractivity contribution in [3.63, 3.8) is 0 Å². The van der Waals surface area contributed by atoms with Gasteiger partial charge in [-0.05, 0) is 31.7 Å². The van der Waals surface area contributed by atoms with E-state index >= 15 is 0 Å². The minimum absolute atomic E-state index is 0. The van der Waals surface area contributed by atoms with Crippen LogP contribution in [0.2, 0.25) is 0 Å². The number of hydrogen-bond acceptors (Lipinski definition) is 3. The van der Waals surface area contributed by atoms with Gasteiger partial charge in [-0.3, -0.25) is 4.99 Å². The molecular formula is C19H29IN4S. The molecule has 2 N–H and O–H groups in total. The molecule has 138 valence electrons. The zero-order valence-electron chi connectivity index (χ0n) is 15.1. The molecule has 0 unspecified atom stereocenters. The highest BCUT2D eigenvalue weighted by molar-refractivity contribution is 14.0. The first kappa shape index (κ1) is 21.9. The van der Waals surface area contributed by atoms with Gasteiger partial charge in [-0.1, -0.05) is 37.3 Å². The minimum Gasteiger partial charge on any atom is -0.357 e. The van der Waals surface area contributed by atoms with Crippen LogP contribution in [0.15, 0.2) is 40.7 Å². The molecule has 1 heterocycles. The van der Waals surface area contributed by atoms with Gasteiger partial charge in [-0.15, -0.1) is 35.3 Å². The van der Waals surface area contributed by atoms with Crippen LogP contribution in [0.3, 0.4) is 0 Å². The fourth-order valence-corrected chi connectivity index (χ4v) is 3.17. The Morgan fingerprint density at radius 2 is 1.92 bits per heavy atom. The van der Waals surface area contributed by atoms with Crippen LogP contribution >= 0.6 is 35.3 Å². The van der Waals surface area contributed by atoms with E-state index in [4.69, 9.17) is 0 Å². The summed E-state index contributed by atoms with van der Waals surface area (Å²) >= 11 is 1.75. The second kappa shape index (κ2) is 13.1. The molecule has 0 saturated carbocycles. The van der Waals surface area contributed by atoms with Crippen molar-refractivity contribution in [1.29, 1.82) is 0 Å². The van der Waals surface area contributed by atoms with Crippen LogP contribution < -0.4 is 10.6 Å². The number of nitrogens with zero attached hydrogens (tertiary/aromatic N) is 2. The average molecular weight is 472 g/mol.